The van der Waals surface area contributed by atoms with E-state index in [1.807, 2.05) is 30.3 Å². The first-order valence-corrected chi connectivity index (χ1v) is 8.16. The molecule has 0 atom stereocenters. The van der Waals surface area contributed by atoms with Gasteiger partial charge in [-0.05, 0) is 28.4 Å². The number of nitrogens with one attached hydrogen (secondary N) is 2. The third-order valence-electron chi connectivity index (χ3n) is 3.87. The molecule has 0 amide bonds. The summed E-state index contributed by atoms with van der Waals surface area (Å²) < 4.78 is 4.75. The maximum atomic E-state index is 11.6. The highest BCUT2D eigenvalue weighted by Gasteiger charge is 2.25. The third kappa shape index (κ3) is 3.68. The average Bonchev–Trinajstić information content (AvgIpc) is 3.10. The van der Waals surface area contributed by atoms with E-state index >= 15 is 0 Å². The lowest BCUT2D eigenvalue weighted by Gasteiger charge is -2.11. The molecule has 0 spiro atoms. The lowest BCUT2D eigenvalue weighted by molar-refractivity contribution is -0.382. The smallest absolute Gasteiger partial charge is 0.323 e. The summed E-state index contributed by atoms with van der Waals surface area (Å²) in [7, 11) is 0. The lowest BCUT2D eigenvalue weighted by atomic mass is 10.1. The van der Waals surface area contributed by atoms with Gasteiger partial charge in [-0.15, -0.1) is 0 Å². The summed E-state index contributed by atoms with van der Waals surface area (Å²) in [4.78, 5) is 11.1. The Kier molecular flexibility index (Phi) is 5.08. The molecule has 8 heteroatoms. The standard InChI is InChI=1S/C17H19N5O3/c1-2-3-9-18-13-10-14(19-11-12-7-5-4-6-8-12)17(22(23)24)16-15(13)20-25-21-16/h4-8,10,18-19H,2-3,9,11H2,1H3. The zero-order valence-electron chi connectivity index (χ0n) is 13.9. The number of nitrogens with zero attached hydrogens (tertiary/aromatic N) is 3. The van der Waals surface area contributed by atoms with Gasteiger partial charge in [-0.1, -0.05) is 43.7 Å². The van der Waals surface area contributed by atoms with E-state index < -0.39 is 4.92 Å². The molecule has 0 radical (unpaired) electrons. The molecule has 3 rings (SSSR count). The summed E-state index contributed by atoms with van der Waals surface area (Å²) in [5.74, 6) is 0. The third-order valence-corrected chi connectivity index (χ3v) is 3.87. The molecule has 0 saturated heterocycles. The van der Waals surface area contributed by atoms with Gasteiger partial charge in [0.1, 0.15) is 5.69 Å². The van der Waals surface area contributed by atoms with Crippen molar-refractivity contribution in [1.29, 1.82) is 0 Å². The van der Waals surface area contributed by atoms with Gasteiger partial charge in [0.15, 0.2) is 5.52 Å². The number of hydrogen-bond donors (Lipinski definition) is 2. The first-order valence-electron chi connectivity index (χ1n) is 8.16. The number of fused-ring (bicyclic) bond motifs is 1. The summed E-state index contributed by atoms with van der Waals surface area (Å²) in [6, 6.07) is 11.4. The Morgan fingerprint density at radius 2 is 1.88 bits per heavy atom. The SMILES string of the molecule is CCCCNc1cc(NCc2ccccc2)c([N+](=O)[O-])c2nonc12. The molecule has 0 aliphatic rings. The number of nitro groups is 1. The summed E-state index contributed by atoms with van der Waals surface area (Å²) >= 11 is 0. The van der Waals surface area contributed by atoms with Crippen molar-refractivity contribution in [2.75, 3.05) is 17.2 Å². The summed E-state index contributed by atoms with van der Waals surface area (Å²) in [5.41, 5.74) is 2.46. The Labute approximate surface area is 144 Å². The van der Waals surface area contributed by atoms with Crippen LogP contribution in [0.5, 0.6) is 0 Å². The molecular weight excluding hydrogens is 322 g/mol. The van der Waals surface area contributed by atoms with E-state index in [9.17, 15) is 10.1 Å². The molecule has 0 fully saturated rings. The molecule has 0 saturated carbocycles. The molecule has 130 valence electrons. The van der Waals surface area contributed by atoms with Gasteiger partial charge in [0, 0.05) is 13.1 Å². The number of nitro benzene ring substituents is 1. The van der Waals surface area contributed by atoms with Gasteiger partial charge in [0.25, 0.3) is 0 Å². The van der Waals surface area contributed by atoms with Crippen LogP contribution in [0.2, 0.25) is 0 Å². The van der Waals surface area contributed by atoms with Gasteiger partial charge in [0.05, 0.1) is 10.6 Å². The number of anilines is 2. The minimum atomic E-state index is -0.463. The van der Waals surface area contributed by atoms with E-state index in [0.717, 1.165) is 24.9 Å². The molecule has 0 aliphatic carbocycles. The summed E-state index contributed by atoms with van der Waals surface area (Å²) in [5, 5.41) is 25.5. The monoisotopic (exact) mass is 341 g/mol. The molecular formula is C17H19N5O3. The number of rotatable bonds is 8. The second-order valence-corrected chi connectivity index (χ2v) is 5.66. The topological polar surface area (TPSA) is 106 Å². The van der Waals surface area contributed by atoms with Crippen molar-refractivity contribution >= 4 is 28.1 Å². The number of aromatic nitrogens is 2. The van der Waals surface area contributed by atoms with Crippen molar-refractivity contribution in [3.63, 3.8) is 0 Å². The highest BCUT2D eigenvalue weighted by Crippen LogP contribution is 2.37. The summed E-state index contributed by atoms with van der Waals surface area (Å²) in [6.07, 6.45) is 2.02. The molecule has 1 aromatic heterocycles. The Bertz CT molecular complexity index is 863. The fourth-order valence-corrected chi connectivity index (χ4v) is 2.58. The van der Waals surface area contributed by atoms with Crippen LogP contribution in [0.25, 0.3) is 11.0 Å². The molecule has 25 heavy (non-hydrogen) atoms. The van der Waals surface area contributed by atoms with Crippen LogP contribution in [0.4, 0.5) is 17.1 Å². The largest absolute Gasteiger partial charge is 0.383 e. The van der Waals surface area contributed by atoms with E-state index in [4.69, 9.17) is 4.63 Å². The Hall–Kier alpha value is -3.16. The number of benzene rings is 2. The van der Waals surface area contributed by atoms with Crippen LogP contribution in [-0.4, -0.2) is 21.8 Å². The van der Waals surface area contributed by atoms with Crippen LogP contribution in [0.3, 0.4) is 0 Å². The van der Waals surface area contributed by atoms with Crippen molar-refractivity contribution in [2.24, 2.45) is 0 Å². The van der Waals surface area contributed by atoms with Crippen molar-refractivity contribution < 1.29 is 9.55 Å². The molecule has 2 aromatic carbocycles. The van der Waals surface area contributed by atoms with Crippen molar-refractivity contribution in [3.05, 3.63) is 52.1 Å². The van der Waals surface area contributed by atoms with Crippen LogP contribution >= 0.6 is 0 Å². The second kappa shape index (κ2) is 7.61. The first-order chi connectivity index (χ1) is 12.2. The van der Waals surface area contributed by atoms with Crippen LogP contribution < -0.4 is 10.6 Å². The Balaban J connectivity index is 1.96. The minimum Gasteiger partial charge on any atom is -0.383 e. The van der Waals surface area contributed by atoms with Crippen molar-refractivity contribution in [1.82, 2.24) is 10.3 Å². The van der Waals surface area contributed by atoms with Crippen LogP contribution in [0.15, 0.2) is 41.0 Å². The van der Waals surface area contributed by atoms with Crippen LogP contribution in [0, 0.1) is 10.1 Å². The average molecular weight is 341 g/mol. The molecule has 0 aliphatic heterocycles. The predicted molar refractivity (Wildman–Crippen MR) is 95.6 cm³/mol. The molecule has 3 aromatic rings. The highest BCUT2D eigenvalue weighted by atomic mass is 16.6. The fourth-order valence-electron chi connectivity index (χ4n) is 2.58. The van der Waals surface area contributed by atoms with Gasteiger partial charge in [0.2, 0.25) is 5.52 Å². The highest BCUT2D eigenvalue weighted by molar-refractivity contribution is 5.99. The lowest BCUT2D eigenvalue weighted by Crippen LogP contribution is -2.06. The van der Waals surface area contributed by atoms with Crippen molar-refractivity contribution in [3.8, 4) is 0 Å². The van der Waals surface area contributed by atoms with Gasteiger partial charge in [-0.2, -0.15) is 0 Å². The Morgan fingerprint density at radius 3 is 2.60 bits per heavy atom. The zero-order chi connectivity index (χ0) is 17.6. The van der Waals surface area contributed by atoms with E-state index in [0.29, 0.717) is 23.4 Å². The van der Waals surface area contributed by atoms with E-state index in [2.05, 4.69) is 27.9 Å². The van der Waals surface area contributed by atoms with Gasteiger partial charge in [-0.3, -0.25) is 10.1 Å². The van der Waals surface area contributed by atoms with E-state index in [1.165, 1.54) is 0 Å². The van der Waals surface area contributed by atoms with Gasteiger partial charge in [-0.25, -0.2) is 4.63 Å². The molecule has 2 N–H and O–H groups in total. The molecule has 1 heterocycles. The molecule has 0 unspecified atom stereocenters. The number of hydrogen-bond acceptors (Lipinski definition) is 7. The first kappa shape index (κ1) is 16.7. The van der Waals surface area contributed by atoms with Gasteiger partial charge < -0.3 is 10.6 Å². The summed E-state index contributed by atoms with van der Waals surface area (Å²) in [6.45, 7) is 3.30. The van der Waals surface area contributed by atoms with Crippen molar-refractivity contribution in [2.45, 2.75) is 26.3 Å². The second-order valence-electron chi connectivity index (χ2n) is 5.66. The Morgan fingerprint density at radius 1 is 1.12 bits per heavy atom. The van der Waals surface area contributed by atoms with Crippen LogP contribution in [0.1, 0.15) is 25.3 Å². The van der Waals surface area contributed by atoms with Crippen LogP contribution in [-0.2, 0) is 6.54 Å². The minimum absolute atomic E-state index is 0.131. The zero-order valence-corrected chi connectivity index (χ0v) is 13.9. The maximum absolute atomic E-state index is 11.6. The predicted octanol–water partition coefficient (Wildman–Crippen LogP) is 3.96. The molecule has 8 nitrogen and oxygen atoms in total. The van der Waals surface area contributed by atoms with E-state index in [1.54, 1.807) is 6.07 Å². The quantitative estimate of drug-likeness (QED) is 0.363. The normalized spacial score (nSPS) is 10.8. The van der Waals surface area contributed by atoms with Gasteiger partial charge >= 0.3 is 5.69 Å². The maximum Gasteiger partial charge on any atom is 0.323 e. The number of unbranched alkanes of at least 4 members (excludes halogenated alkanes) is 1. The van der Waals surface area contributed by atoms with E-state index in [-0.39, 0.29) is 11.2 Å². The molecule has 0 bridgehead atoms. The fraction of sp³-hybridized carbons (Fsp3) is 0.294.